The first-order valence-corrected chi connectivity index (χ1v) is 14.3. The molecule has 2 heterocycles. The Balaban J connectivity index is 1.59. The van der Waals surface area contributed by atoms with Gasteiger partial charge in [0.05, 0.1) is 11.4 Å². The van der Waals surface area contributed by atoms with E-state index in [1.807, 2.05) is 14.1 Å². The molecule has 0 aromatic heterocycles. The SMILES string of the molecule is CN(C)CC1CCN(C(=O)NCC(NC(=O)[C@H]2CCCN2S(=O)(=O)c2cc(Cl)cc(Cl)c2)C(=O)O)CC1. The van der Waals surface area contributed by atoms with Crippen LogP contribution in [0.4, 0.5) is 4.79 Å². The number of nitrogens with one attached hydrogen (secondary N) is 2. The van der Waals surface area contributed by atoms with Crippen molar-refractivity contribution in [2.45, 2.75) is 42.7 Å². The maximum Gasteiger partial charge on any atom is 0.328 e. The van der Waals surface area contributed by atoms with Gasteiger partial charge in [0.1, 0.15) is 12.1 Å². The number of carboxylic acids is 1. The van der Waals surface area contributed by atoms with Crippen molar-refractivity contribution in [2.75, 3.05) is 46.8 Å². The molecule has 37 heavy (non-hydrogen) atoms. The number of piperidine rings is 1. The molecule has 2 atom stereocenters. The number of urea groups is 1. The summed E-state index contributed by atoms with van der Waals surface area (Å²) in [6, 6.07) is 0.967. The van der Waals surface area contributed by atoms with Crippen LogP contribution < -0.4 is 10.6 Å². The third-order valence-corrected chi connectivity index (χ3v) is 8.87. The van der Waals surface area contributed by atoms with Crippen molar-refractivity contribution < 1.29 is 27.9 Å². The molecule has 2 saturated heterocycles. The minimum atomic E-state index is -4.11. The number of hydrogen-bond acceptors (Lipinski definition) is 6. The van der Waals surface area contributed by atoms with Crippen molar-refractivity contribution in [3.8, 4) is 0 Å². The van der Waals surface area contributed by atoms with E-state index < -0.39 is 40.0 Å². The first-order valence-electron chi connectivity index (χ1n) is 12.1. The van der Waals surface area contributed by atoms with Crippen molar-refractivity contribution in [3.63, 3.8) is 0 Å². The van der Waals surface area contributed by atoms with Crippen LogP contribution in [0.5, 0.6) is 0 Å². The molecule has 1 aromatic carbocycles. The largest absolute Gasteiger partial charge is 0.480 e. The van der Waals surface area contributed by atoms with E-state index in [0.29, 0.717) is 25.4 Å². The molecule has 3 amide bonds. The summed E-state index contributed by atoms with van der Waals surface area (Å²) in [6.45, 7) is 1.83. The normalized spacial score (nSPS) is 20.1. The number of benzene rings is 1. The molecule has 2 aliphatic heterocycles. The molecule has 0 bridgehead atoms. The van der Waals surface area contributed by atoms with E-state index >= 15 is 0 Å². The van der Waals surface area contributed by atoms with Crippen molar-refractivity contribution in [3.05, 3.63) is 28.2 Å². The van der Waals surface area contributed by atoms with Crippen LogP contribution in [-0.4, -0.2) is 104 Å². The molecule has 11 nitrogen and oxygen atoms in total. The zero-order valence-corrected chi connectivity index (χ0v) is 23.2. The fourth-order valence-corrected chi connectivity index (χ4v) is 7.09. The maximum atomic E-state index is 13.2. The lowest BCUT2D eigenvalue weighted by atomic mass is 9.97. The van der Waals surface area contributed by atoms with E-state index in [9.17, 15) is 27.9 Å². The molecular weight excluding hydrogens is 545 g/mol. The Bertz CT molecular complexity index is 1090. The number of likely N-dealkylation sites (tertiary alicyclic amines) is 1. The molecule has 206 valence electrons. The second-order valence-corrected chi connectivity index (χ2v) is 12.4. The third kappa shape index (κ3) is 7.70. The molecule has 14 heteroatoms. The Kier molecular flexibility index (Phi) is 10.0. The summed E-state index contributed by atoms with van der Waals surface area (Å²) in [6.07, 6.45) is 2.35. The van der Waals surface area contributed by atoms with Crippen LogP contribution in [0.15, 0.2) is 23.1 Å². The molecule has 2 aliphatic rings. The van der Waals surface area contributed by atoms with E-state index in [1.54, 1.807) is 4.90 Å². The average molecular weight is 579 g/mol. The molecule has 0 aliphatic carbocycles. The number of carbonyl (C=O) groups excluding carboxylic acids is 2. The van der Waals surface area contributed by atoms with Gasteiger partial charge in [-0.05, 0) is 63.9 Å². The molecule has 1 unspecified atom stereocenters. The Morgan fingerprint density at radius 1 is 1.08 bits per heavy atom. The zero-order valence-electron chi connectivity index (χ0n) is 20.8. The van der Waals surface area contributed by atoms with Gasteiger partial charge >= 0.3 is 12.0 Å². The van der Waals surface area contributed by atoms with Gasteiger partial charge in [-0.3, -0.25) is 4.79 Å². The summed E-state index contributed by atoms with van der Waals surface area (Å²) < 4.78 is 27.4. The number of hydrogen-bond donors (Lipinski definition) is 3. The highest BCUT2D eigenvalue weighted by Crippen LogP contribution is 2.30. The lowest BCUT2D eigenvalue weighted by Crippen LogP contribution is -2.55. The van der Waals surface area contributed by atoms with Crippen molar-refractivity contribution in [1.82, 2.24) is 24.7 Å². The maximum absolute atomic E-state index is 13.2. The minimum absolute atomic E-state index is 0.0861. The van der Waals surface area contributed by atoms with Crippen LogP contribution in [-0.2, 0) is 19.6 Å². The van der Waals surface area contributed by atoms with Crippen LogP contribution in [0.2, 0.25) is 10.0 Å². The number of nitrogens with zero attached hydrogens (tertiary/aromatic N) is 3. The first-order chi connectivity index (χ1) is 17.4. The lowest BCUT2D eigenvalue weighted by Gasteiger charge is -2.33. The Morgan fingerprint density at radius 2 is 1.70 bits per heavy atom. The summed E-state index contributed by atoms with van der Waals surface area (Å²) in [5.74, 6) is -1.59. The highest BCUT2D eigenvalue weighted by Gasteiger charge is 2.41. The number of amides is 3. The van der Waals surface area contributed by atoms with Crippen LogP contribution in [0.1, 0.15) is 25.7 Å². The van der Waals surface area contributed by atoms with Gasteiger partial charge in [-0.2, -0.15) is 4.31 Å². The van der Waals surface area contributed by atoms with Gasteiger partial charge in [-0.25, -0.2) is 18.0 Å². The van der Waals surface area contributed by atoms with Crippen LogP contribution in [0.3, 0.4) is 0 Å². The molecule has 3 N–H and O–H groups in total. The van der Waals surface area contributed by atoms with Gasteiger partial charge in [0, 0.05) is 36.2 Å². The molecule has 3 rings (SSSR count). The Labute approximate surface area is 227 Å². The minimum Gasteiger partial charge on any atom is -0.480 e. The summed E-state index contributed by atoms with van der Waals surface area (Å²) in [5, 5.41) is 14.9. The second kappa shape index (κ2) is 12.6. The highest BCUT2D eigenvalue weighted by atomic mass is 35.5. The van der Waals surface area contributed by atoms with Crippen LogP contribution in [0.25, 0.3) is 0 Å². The number of aliphatic carboxylic acids is 1. The summed E-state index contributed by atoms with van der Waals surface area (Å²) in [5.41, 5.74) is 0. The number of carboxylic acid groups (broad SMARTS) is 1. The van der Waals surface area contributed by atoms with Gasteiger partial charge in [0.2, 0.25) is 15.9 Å². The monoisotopic (exact) mass is 577 g/mol. The zero-order chi connectivity index (χ0) is 27.3. The summed E-state index contributed by atoms with van der Waals surface area (Å²) in [7, 11) is -0.0967. The van der Waals surface area contributed by atoms with E-state index in [1.165, 1.54) is 18.2 Å². The van der Waals surface area contributed by atoms with Crippen molar-refractivity contribution in [2.24, 2.45) is 5.92 Å². The number of sulfonamides is 1. The lowest BCUT2D eigenvalue weighted by molar-refractivity contribution is -0.142. The van der Waals surface area contributed by atoms with Gasteiger partial charge in [-0.15, -0.1) is 0 Å². The predicted molar refractivity (Wildman–Crippen MR) is 139 cm³/mol. The van der Waals surface area contributed by atoms with Crippen molar-refractivity contribution >= 4 is 51.1 Å². The summed E-state index contributed by atoms with van der Waals surface area (Å²) in [4.78, 5) is 41.0. The fourth-order valence-electron chi connectivity index (χ4n) is 4.71. The van der Waals surface area contributed by atoms with E-state index in [4.69, 9.17) is 23.2 Å². The number of halogens is 2. The first kappa shape index (κ1) is 29.4. The average Bonchev–Trinajstić information content (AvgIpc) is 3.32. The highest BCUT2D eigenvalue weighted by molar-refractivity contribution is 7.89. The van der Waals surface area contributed by atoms with Crippen LogP contribution >= 0.6 is 23.2 Å². The fraction of sp³-hybridized carbons (Fsp3) is 0.609. The predicted octanol–water partition coefficient (Wildman–Crippen LogP) is 1.70. The van der Waals surface area contributed by atoms with Gasteiger partial charge in [-0.1, -0.05) is 23.2 Å². The van der Waals surface area contributed by atoms with Gasteiger partial charge in [0.25, 0.3) is 0 Å². The Hall–Kier alpha value is -2.12. The Morgan fingerprint density at radius 3 is 2.27 bits per heavy atom. The second-order valence-electron chi connectivity index (χ2n) is 9.66. The molecule has 0 radical (unpaired) electrons. The summed E-state index contributed by atoms with van der Waals surface area (Å²) >= 11 is 11.9. The molecule has 2 fully saturated rings. The smallest absolute Gasteiger partial charge is 0.328 e. The van der Waals surface area contributed by atoms with E-state index in [2.05, 4.69) is 15.5 Å². The van der Waals surface area contributed by atoms with E-state index in [-0.39, 0.29) is 34.5 Å². The number of carbonyl (C=O) groups is 3. The van der Waals surface area contributed by atoms with Crippen LogP contribution in [0, 0.1) is 5.92 Å². The topological polar surface area (TPSA) is 139 Å². The number of rotatable bonds is 9. The molecule has 1 aromatic rings. The van der Waals surface area contributed by atoms with E-state index in [0.717, 1.165) is 23.7 Å². The third-order valence-electron chi connectivity index (χ3n) is 6.55. The molecule has 0 saturated carbocycles. The standard InChI is InChI=1S/C23H33Cl2N5O6S/c1-28(2)14-15-5-8-29(9-6-15)23(34)26-13-19(22(32)33)27-21(31)20-4-3-7-30(20)37(35,36)18-11-16(24)10-17(25)12-18/h10-12,15,19-20H,3-9,13-14H2,1-2H3,(H,26,34)(H,27,31)(H,32,33)/t19?,20-/m1/s1. The van der Waals surface area contributed by atoms with Gasteiger partial charge in [0.15, 0.2) is 0 Å². The quantitative estimate of drug-likeness (QED) is 0.406. The molecule has 0 spiro atoms. The van der Waals surface area contributed by atoms with Crippen molar-refractivity contribution in [1.29, 1.82) is 0 Å². The van der Waals surface area contributed by atoms with Gasteiger partial charge < -0.3 is 25.5 Å². The molecular formula is C23H33Cl2N5O6S.